The highest BCUT2D eigenvalue weighted by atomic mass is 79.9. The molecule has 1 N–H and O–H groups in total. The molecule has 5 rings (SSSR count). The Morgan fingerprint density at radius 2 is 1.84 bits per heavy atom. The maximum Gasteiger partial charge on any atom is 0.408 e. The number of rotatable bonds is 5. The number of halogens is 1. The van der Waals surface area contributed by atoms with Crippen LogP contribution in [0.4, 0.5) is 4.79 Å². The predicted molar refractivity (Wildman–Crippen MR) is 126 cm³/mol. The largest absolute Gasteiger partial charge is 0.497 e. The smallest absolute Gasteiger partial charge is 0.408 e. The number of carbonyl (C=O) groups excluding carboxylic acids is 1. The number of nitrogens with zero attached hydrogens (tertiary/aromatic N) is 2. The Morgan fingerprint density at radius 1 is 1.09 bits per heavy atom. The molecule has 3 aromatic carbocycles. The Labute approximate surface area is 194 Å². The monoisotopic (exact) mass is 491 g/mol. The van der Waals surface area contributed by atoms with Gasteiger partial charge in [0.2, 0.25) is 0 Å². The van der Waals surface area contributed by atoms with Crippen LogP contribution in [0.5, 0.6) is 5.75 Å². The summed E-state index contributed by atoms with van der Waals surface area (Å²) in [7, 11) is 1.62. The first-order valence-electron chi connectivity index (χ1n) is 10.4. The van der Waals surface area contributed by atoms with Gasteiger partial charge in [-0.1, -0.05) is 52.3 Å². The number of alkyl carbamates (subject to hydrolysis) is 1. The molecule has 1 aliphatic heterocycles. The third-order valence-corrected chi connectivity index (χ3v) is 6.37. The topological polar surface area (TPSA) is 65.4 Å². The first-order chi connectivity index (χ1) is 15.6. The van der Waals surface area contributed by atoms with E-state index in [2.05, 4.69) is 44.0 Å². The number of carbonyl (C=O) groups is 1. The highest BCUT2D eigenvalue weighted by molar-refractivity contribution is 9.10. The zero-order valence-corrected chi connectivity index (χ0v) is 19.1. The average molecular weight is 492 g/mol. The van der Waals surface area contributed by atoms with Gasteiger partial charge in [-0.3, -0.25) is 0 Å². The molecular formula is C25H22BrN3O3. The summed E-state index contributed by atoms with van der Waals surface area (Å²) in [5, 5.41) is 3.07. The van der Waals surface area contributed by atoms with Gasteiger partial charge in [-0.05, 0) is 47.5 Å². The second-order valence-electron chi connectivity index (χ2n) is 7.77. The van der Waals surface area contributed by atoms with E-state index >= 15 is 0 Å². The lowest BCUT2D eigenvalue weighted by Crippen LogP contribution is -2.31. The number of methoxy groups -OCH3 is 1. The minimum atomic E-state index is -0.464. The molecule has 7 heteroatoms. The number of nitrogens with one attached hydrogen (secondary N) is 1. The van der Waals surface area contributed by atoms with Crippen LogP contribution in [0.1, 0.15) is 28.9 Å². The Morgan fingerprint density at radius 3 is 2.59 bits per heavy atom. The van der Waals surface area contributed by atoms with Crippen LogP contribution in [0.15, 0.2) is 77.3 Å². The number of benzene rings is 3. The van der Waals surface area contributed by atoms with Gasteiger partial charge in [0.05, 0.1) is 24.2 Å². The molecule has 0 radical (unpaired) electrons. The summed E-state index contributed by atoms with van der Waals surface area (Å²) < 4.78 is 13.9. The number of imidazole rings is 1. The van der Waals surface area contributed by atoms with E-state index in [0.29, 0.717) is 0 Å². The molecule has 0 fully saturated rings. The molecule has 162 valence electrons. The van der Waals surface area contributed by atoms with Gasteiger partial charge in [0, 0.05) is 16.9 Å². The van der Waals surface area contributed by atoms with Crippen molar-refractivity contribution in [3.63, 3.8) is 0 Å². The third-order valence-electron chi connectivity index (χ3n) is 5.84. The van der Waals surface area contributed by atoms with Gasteiger partial charge in [0.25, 0.3) is 0 Å². The van der Waals surface area contributed by atoms with Crippen molar-refractivity contribution in [2.45, 2.75) is 25.1 Å². The first-order valence-corrected chi connectivity index (χ1v) is 11.2. The Hall–Kier alpha value is -3.32. The van der Waals surface area contributed by atoms with Crippen LogP contribution in [0.3, 0.4) is 0 Å². The summed E-state index contributed by atoms with van der Waals surface area (Å²) in [6, 6.07) is 23.4. The quantitative estimate of drug-likeness (QED) is 0.396. The normalized spacial score (nSPS) is 17.2. The highest BCUT2D eigenvalue weighted by Crippen LogP contribution is 2.40. The molecule has 0 bridgehead atoms. The van der Waals surface area contributed by atoms with Crippen molar-refractivity contribution in [3.8, 4) is 5.75 Å². The lowest BCUT2D eigenvalue weighted by Gasteiger charge is -2.20. The Bertz CT molecular complexity index is 1250. The van der Waals surface area contributed by atoms with E-state index in [1.165, 1.54) is 0 Å². The minimum absolute atomic E-state index is 0.0590. The second kappa shape index (κ2) is 8.67. The van der Waals surface area contributed by atoms with Gasteiger partial charge in [-0.2, -0.15) is 0 Å². The molecule has 0 spiro atoms. The van der Waals surface area contributed by atoms with E-state index in [1.54, 1.807) is 7.11 Å². The molecule has 32 heavy (non-hydrogen) atoms. The van der Waals surface area contributed by atoms with Crippen molar-refractivity contribution in [2.75, 3.05) is 7.11 Å². The summed E-state index contributed by atoms with van der Waals surface area (Å²) in [5.41, 5.74) is 4.03. The van der Waals surface area contributed by atoms with E-state index in [9.17, 15) is 4.79 Å². The van der Waals surface area contributed by atoms with Crippen LogP contribution in [-0.2, 0) is 17.9 Å². The third kappa shape index (κ3) is 3.96. The number of ether oxygens (including phenoxy) is 2. The zero-order valence-electron chi connectivity index (χ0n) is 17.5. The van der Waals surface area contributed by atoms with Gasteiger partial charge in [0.1, 0.15) is 18.2 Å². The Kier molecular flexibility index (Phi) is 5.57. The van der Waals surface area contributed by atoms with E-state index in [0.717, 1.165) is 44.8 Å². The summed E-state index contributed by atoms with van der Waals surface area (Å²) >= 11 is 3.50. The van der Waals surface area contributed by atoms with Crippen LogP contribution in [0.25, 0.3) is 11.0 Å². The summed E-state index contributed by atoms with van der Waals surface area (Å²) in [6.45, 7) is 0.919. The number of para-hydroxylation sites is 2. The van der Waals surface area contributed by atoms with Gasteiger partial charge in [-0.25, -0.2) is 9.78 Å². The van der Waals surface area contributed by atoms with Crippen molar-refractivity contribution in [2.24, 2.45) is 0 Å². The van der Waals surface area contributed by atoms with Gasteiger partial charge >= 0.3 is 6.09 Å². The van der Waals surface area contributed by atoms with Crippen LogP contribution >= 0.6 is 15.9 Å². The fourth-order valence-electron chi connectivity index (χ4n) is 4.22. The van der Waals surface area contributed by atoms with Crippen LogP contribution < -0.4 is 10.1 Å². The molecule has 1 aromatic heterocycles. The van der Waals surface area contributed by atoms with E-state index < -0.39 is 6.09 Å². The fraction of sp³-hybridized carbons (Fsp3) is 0.200. The highest BCUT2D eigenvalue weighted by Gasteiger charge is 2.38. The number of hydrogen-bond acceptors (Lipinski definition) is 4. The molecule has 4 aromatic rings. The lowest BCUT2D eigenvalue weighted by molar-refractivity contribution is 0.134. The van der Waals surface area contributed by atoms with Gasteiger partial charge in [0.15, 0.2) is 0 Å². The van der Waals surface area contributed by atoms with Gasteiger partial charge < -0.3 is 19.4 Å². The number of hydrogen-bond donors (Lipinski definition) is 1. The molecule has 0 saturated heterocycles. The second-order valence-corrected chi connectivity index (χ2v) is 8.69. The van der Waals surface area contributed by atoms with Crippen LogP contribution in [0, 0.1) is 0 Å². The van der Waals surface area contributed by atoms with Crippen molar-refractivity contribution >= 4 is 33.1 Å². The number of aromatic nitrogens is 2. The first kappa shape index (κ1) is 20.6. The Balaban J connectivity index is 1.38. The molecule has 2 atom stereocenters. The van der Waals surface area contributed by atoms with Crippen molar-refractivity contribution in [1.29, 1.82) is 0 Å². The molecule has 1 aliphatic rings. The van der Waals surface area contributed by atoms with E-state index in [4.69, 9.17) is 14.5 Å². The van der Waals surface area contributed by atoms with Gasteiger partial charge in [-0.15, -0.1) is 0 Å². The minimum Gasteiger partial charge on any atom is -0.497 e. The van der Waals surface area contributed by atoms with E-state index in [1.807, 2.05) is 54.6 Å². The van der Waals surface area contributed by atoms with Crippen molar-refractivity contribution in [3.05, 3.63) is 94.2 Å². The van der Waals surface area contributed by atoms with Crippen molar-refractivity contribution < 1.29 is 14.3 Å². The molecule has 6 nitrogen and oxygen atoms in total. The molecule has 0 saturated carbocycles. The van der Waals surface area contributed by atoms with Crippen molar-refractivity contribution in [1.82, 2.24) is 14.9 Å². The molecule has 1 amide bonds. The molecule has 2 heterocycles. The summed E-state index contributed by atoms with van der Waals surface area (Å²) in [6.07, 6.45) is -0.464. The molecular weight excluding hydrogens is 470 g/mol. The fourth-order valence-corrected chi connectivity index (χ4v) is 4.48. The molecule has 0 aliphatic carbocycles. The molecule has 0 unspecified atom stereocenters. The summed E-state index contributed by atoms with van der Waals surface area (Å²) in [5.74, 6) is 1.67. The van der Waals surface area contributed by atoms with Crippen LogP contribution in [0.2, 0.25) is 0 Å². The number of fused-ring (bicyclic) bond motifs is 3. The van der Waals surface area contributed by atoms with E-state index in [-0.39, 0.29) is 18.6 Å². The number of amides is 1. The standard InChI is InChI=1S/C25H22BrN3O3/c1-31-19-12-6-16(7-13-19)15-32-25(30)28-23-20(17-8-10-18(26)11-9-17)14-29-22-5-3-2-4-21(22)27-24(23)29/h2-13,20,23H,14-15H2,1H3,(H,28,30)/t20-,23-/m0/s1. The SMILES string of the molecule is COc1ccc(COC(=O)N[C@@H]2c3nc4ccccc4n3C[C@H]2c2ccc(Br)cc2)cc1. The predicted octanol–water partition coefficient (Wildman–Crippen LogP) is 5.57. The average Bonchev–Trinajstić information content (AvgIpc) is 3.35. The zero-order chi connectivity index (χ0) is 22.1. The maximum absolute atomic E-state index is 12.7. The maximum atomic E-state index is 12.7. The summed E-state index contributed by atoms with van der Waals surface area (Å²) in [4.78, 5) is 17.6. The lowest BCUT2D eigenvalue weighted by atomic mass is 9.93. The van der Waals surface area contributed by atoms with Crippen LogP contribution in [-0.4, -0.2) is 22.8 Å².